The van der Waals surface area contributed by atoms with Crippen LogP contribution in [0.1, 0.15) is 37.7 Å². The van der Waals surface area contributed by atoms with Crippen LogP contribution in [0.3, 0.4) is 0 Å². The van der Waals surface area contributed by atoms with Gasteiger partial charge in [0, 0.05) is 24.2 Å². The van der Waals surface area contributed by atoms with Crippen LogP contribution in [-0.2, 0) is 19.6 Å². The molecule has 0 amide bonds. The first kappa shape index (κ1) is 15.3. The summed E-state index contributed by atoms with van der Waals surface area (Å²) in [6.45, 7) is 9.15. The Hall–Kier alpha value is -1.10. The maximum Gasteiger partial charge on any atom is 0.118 e. The summed E-state index contributed by atoms with van der Waals surface area (Å²) in [6, 6.07) is 4.31. The average molecular weight is 292 g/mol. The van der Waals surface area contributed by atoms with Crippen molar-refractivity contribution in [2.24, 2.45) is 0 Å². The number of nitrogens with zero attached hydrogens (tertiary/aromatic N) is 1. The molecule has 110 valence electrons. The van der Waals surface area contributed by atoms with Gasteiger partial charge < -0.3 is 9.73 Å². The number of rotatable bonds is 6. The number of thiophene rings is 1. The lowest BCUT2D eigenvalue weighted by atomic mass is 10.1. The quantitative estimate of drug-likeness (QED) is 0.876. The zero-order valence-corrected chi connectivity index (χ0v) is 13.6. The predicted molar refractivity (Wildman–Crippen MR) is 84.8 cm³/mol. The highest BCUT2D eigenvalue weighted by Crippen LogP contribution is 2.14. The van der Waals surface area contributed by atoms with Gasteiger partial charge in [0.1, 0.15) is 5.76 Å². The van der Waals surface area contributed by atoms with E-state index in [9.17, 15) is 0 Å². The Kier molecular flexibility index (Phi) is 5.02. The molecule has 2 aromatic heterocycles. The maximum atomic E-state index is 5.64. The van der Waals surface area contributed by atoms with Gasteiger partial charge in [-0.15, -0.1) is 0 Å². The molecule has 0 aliphatic rings. The van der Waals surface area contributed by atoms with Crippen molar-refractivity contribution in [2.75, 3.05) is 7.05 Å². The van der Waals surface area contributed by atoms with Crippen molar-refractivity contribution in [3.8, 4) is 0 Å². The molecule has 0 aliphatic carbocycles. The summed E-state index contributed by atoms with van der Waals surface area (Å²) < 4.78 is 5.64. The van der Waals surface area contributed by atoms with E-state index in [1.807, 2.05) is 6.26 Å². The number of hydrogen-bond donors (Lipinski definition) is 1. The van der Waals surface area contributed by atoms with Gasteiger partial charge in [0.05, 0.1) is 12.8 Å². The topological polar surface area (TPSA) is 28.4 Å². The summed E-state index contributed by atoms with van der Waals surface area (Å²) in [4.78, 5) is 2.27. The SMILES string of the molecule is CN(Cc1ccsc1)Cc1cc(CNC(C)(C)C)co1. The van der Waals surface area contributed by atoms with E-state index in [2.05, 4.69) is 60.9 Å². The van der Waals surface area contributed by atoms with Gasteiger partial charge in [0.15, 0.2) is 0 Å². The first-order valence-corrected chi connectivity index (χ1v) is 7.87. The Morgan fingerprint density at radius 2 is 2.05 bits per heavy atom. The monoisotopic (exact) mass is 292 g/mol. The summed E-state index contributed by atoms with van der Waals surface area (Å²) in [7, 11) is 2.12. The summed E-state index contributed by atoms with van der Waals surface area (Å²) >= 11 is 1.74. The van der Waals surface area contributed by atoms with E-state index in [4.69, 9.17) is 4.42 Å². The number of furan rings is 1. The van der Waals surface area contributed by atoms with Gasteiger partial charge in [0.2, 0.25) is 0 Å². The summed E-state index contributed by atoms with van der Waals surface area (Å²) in [5.41, 5.74) is 2.70. The van der Waals surface area contributed by atoms with Crippen LogP contribution in [0, 0.1) is 0 Å². The maximum absolute atomic E-state index is 5.64. The summed E-state index contributed by atoms with van der Waals surface area (Å²) in [6.07, 6.45) is 1.85. The van der Waals surface area contributed by atoms with Gasteiger partial charge in [-0.1, -0.05) is 0 Å². The average Bonchev–Trinajstić information content (AvgIpc) is 2.97. The van der Waals surface area contributed by atoms with Crippen LogP contribution in [0.25, 0.3) is 0 Å². The fourth-order valence-corrected chi connectivity index (χ4v) is 2.65. The second kappa shape index (κ2) is 6.57. The fraction of sp³-hybridized carbons (Fsp3) is 0.500. The Bertz CT molecular complexity index is 511. The third-order valence-electron chi connectivity index (χ3n) is 2.99. The van der Waals surface area contributed by atoms with Crippen molar-refractivity contribution in [2.45, 2.75) is 45.9 Å². The first-order valence-electron chi connectivity index (χ1n) is 6.93. The van der Waals surface area contributed by atoms with Crippen LogP contribution in [-0.4, -0.2) is 17.5 Å². The lowest BCUT2D eigenvalue weighted by Crippen LogP contribution is -2.34. The van der Waals surface area contributed by atoms with Crippen LogP contribution in [0.5, 0.6) is 0 Å². The van der Waals surface area contributed by atoms with Gasteiger partial charge in [0.25, 0.3) is 0 Å². The molecule has 0 saturated carbocycles. The molecule has 4 heteroatoms. The molecule has 0 fully saturated rings. The van der Waals surface area contributed by atoms with Gasteiger partial charge in [-0.05, 0) is 56.3 Å². The standard InChI is InChI=1S/C16H24N2OS/c1-16(2,3)17-8-14-7-15(19-11-14)10-18(4)9-13-5-6-20-12-13/h5-7,11-12,17H,8-10H2,1-4H3. The second-order valence-corrected chi connectivity index (χ2v) is 7.11. The van der Waals surface area contributed by atoms with E-state index in [0.29, 0.717) is 0 Å². The molecule has 2 rings (SSSR count). The van der Waals surface area contributed by atoms with Crippen LogP contribution in [0.15, 0.2) is 33.6 Å². The van der Waals surface area contributed by atoms with Gasteiger partial charge >= 0.3 is 0 Å². The second-order valence-electron chi connectivity index (χ2n) is 6.33. The molecule has 0 aromatic carbocycles. The molecule has 1 N–H and O–H groups in total. The van der Waals surface area contributed by atoms with E-state index in [1.165, 1.54) is 11.1 Å². The lowest BCUT2D eigenvalue weighted by Gasteiger charge is -2.19. The first-order chi connectivity index (χ1) is 9.42. The summed E-state index contributed by atoms with van der Waals surface area (Å²) in [5.74, 6) is 1.02. The van der Waals surface area contributed by atoms with E-state index in [1.54, 1.807) is 11.3 Å². The Morgan fingerprint density at radius 3 is 2.70 bits per heavy atom. The molecule has 0 spiro atoms. The highest BCUT2D eigenvalue weighted by atomic mass is 32.1. The molecule has 0 unspecified atom stereocenters. The molecule has 0 atom stereocenters. The molecule has 0 radical (unpaired) electrons. The zero-order chi connectivity index (χ0) is 14.6. The smallest absolute Gasteiger partial charge is 0.118 e. The summed E-state index contributed by atoms with van der Waals surface area (Å²) in [5, 5.41) is 7.78. The van der Waals surface area contributed by atoms with Crippen LogP contribution < -0.4 is 5.32 Å². The Morgan fingerprint density at radius 1 is 1.25 bits per heavy atom. The van der Waals surface area contributed by atoms with Crippen molar-refractivity contribution in [3.63, 3.8) is 0 Å². The minimum absolute atomic E-state index is 0.132. The fourth-order valence-electron chi connectivity index (χ4n) is 1.99. The normalized spacial score (nSPS) is 12.2. The molecular formula is C16H24N2OS. The van der Waals surface area contributed by atoms with Crippen LogP contribution in [0.2, 0.25) is 0 Å². The lowest BCUT2D eigenvalue weighted by molar-refractivity contribution is 0.288. The van der Waals surface area contributed by atoms with Crippen LogP contribution >= 0.6 is 11.3 Å². The Balaban J connectivity index is 1.83. The zero-order valence-electron chi connectivity index (χ0n) is 12.8. The molecule has 0 bridgehead atoms. The van der Waals surface area contributed by atoms with Gasteiger partial charge in [-0.25, -0.2) is 0 Å². The third kappa shape index (κ3) is 5.12. The molecule has 0 saturated heterocycles. The molecule has 3 nitrogen and oxygen atoms in total. The van der Waals surface area contributed by atoms with Crippen molar-refractivity contribution >= 4 is 11.3 Å². The van der Waals surface area contributed by atoms with Gasteiger partial charge in [-0.2, -0.15) is 11.3 Å². The van der Waals surface area contributed by atoms with E-state index < -0.39 is 0 Å². The number of nitrogens with one attached hydrogen (secondary N) is 1. The van der Waals surface area contributed by atoms with Crippen LogP contribution in [0.4, 0.5) is 0 Å². The highest BCUT2D eigenvalue weighted by Gasteiger charge is 2.11. The minimum atomic E-state index is 0.132. The minimum Gasteiger partial charge on any atom is -0.468 e. The molecule has 0 aliphatic heterocycles. The van der Waals surface area contributed by atoms with E-state index in [0.717, 1.165) is 25.4 Å². The van der Waals surface area contributed by atoms with Gasteiger partial charge in [-0.3, -0.25) is 4.90 Å². The number of hydrogen-bond acceptors (Lipinski definition) is 4. The largest absolute Gasteiger partial charge is 0.468 e. The molecule has 20 heavy (non-hydrogen) atoms. The highest BCUT2D eigenvalue weighted by molar-refractivity contribution is 7.07. The van der Waals surface area contributed by atoms with Crippen molar-refractivity contribution in [1.82, 2.24) is 10.2 Å². The van der Waals surface area contributed by atoms with Crippen molar-refractivity contribution in [1.29, 1.82) is 0 Å². The van der Waals surface area contributed by atoms with E-state index >= 15 is 0 Å². The third-order valence-corrected chi connectivity index (χ3v) is 3.72. The predicted octanol–water partition coefficient (Wildman–Crippen LogP) is 3.86. The van der Waals surface area contributed by atoms with E-state index in [-0.39, 0.29) is 5.54 Å². The molecular weight excluding hydrogens is 268 g/mol. The molecule has 2 aromatic rings. The Labute approximate surface area is 125 Å². The molecule has 2 heterocycles. The van der Waals surface area contributed by atoms with Crippen molar-refractivity contribution < 1.29 is 4.42 Å². The van der Waals surface area contributed by atoms with Crippen molar-refractivity contribution in [3.05, 3.63) is 46.0 Å².